The Kier molecular flexibility index (Phi) is 4.00. The van der Waals surface area contributed by atoms with Crippen LogP contribution in [-0.4, -0.2) is 17.1 Å². The molecule has 0 aliphatic rings. The smallest absolute Gasteiger partial charge is 0.326 e. The Balaban J connectivity index is 2.20. The first-order valence-electron chi connectivity index (χ1n) is 6.31. The molecule has 4 nitrogen and oxygen atoms in total. The Morgan fingerprint density at radius 3 is 2.74 bits per heavy atom. The van der Waals surface area contributed by atoms with Gasteiger partial charge in [-0.2, -0.15) is 0 Å². The molecule has 0 spiro atoms. The van der Waals surface area contributed by atoms with Crippen LogP contribution in [0.25, 0.3) is 10.8 Å². The van der Waals surface area contributed by atoms with E-state index in [1.807, 2.05) is 38.1 Å². The molecule has 0 atom stereocenters. The van der Waals surface area contributed by atoms with Gasteiger partial charge in [0.15, 0.2) is 0 Å². The lowest BCUT2D eigenvalue weighted by Gasteiger charge is -2.09. The third-order valence-electron chi connectivity index (χ3n) is 2.76. The van der Waals surface area contributed by atoms with E-state index in [0.29, 0.717) is 12.0 Å². The molecule has 0 amide bonds. The molecular formula is C15H17NO3. The molecule has 4 heteroatoms. The topological polar surface area (TPSA) is 48.3 Å². The summed E-state index contributed by atoms with van der Waals surface area (Å²) in [5.41, 5.74) is -0.167. The van der Waals surface area contributed by atoms with Crippen molar-refractivity contribution in [2.45, 2.75) is 20.4 Å². The van der Waals surface area contributed by atoms with Crippen LogP contribution in [-0.2, 0) is 16.1 Å². The van der Waals surface area contributed by atoms with Crippen LogP contribution >= 0.6 is 0 Å². The van der Waals surface area contributed by atoms with Gasteiger partial charge in [-0.15, -0.1) is 0 Å². The number of hydrogen-bond acceptors (Lipinski definition) is 3. The average molecular weight is 259 g/mol. The Labute approximate surface area is 111 Å². The van der Waals surface area contributed by atoms with Gasteiger partial charge in [0, 0.05) is 11.6 Å². The Morgan fingerprint density at radius 2 is 2.00 bits per heavy atom. The highest BCUT2D eigenvalue weighted by molar-refractivity contribution is 5.81. The number of hydrogen-bond donors (Lipinski definition) is 0. The molecular weight excluding hydrogens is 242 g/mol. The van der Waals surface area contributed by atoms with Crippen LogP contribution in [0.15, 0.2) is 41.3 Å². The standard InChI is InChI=1S/C15H17NO3/c1-11(2)10-19-14(17)9-16-8-7-12-5-3-4-6-13(12)15(16)18/h3-8,11H,9-10H2,1-2H3. The summed E-state index contributed by atoms with van der Waals surface area (Å²) >= 11 is 0. The van der Waals surface area contributed by atoms with Gasteiger partial charge in [-0.1, -0.05) is 32.0 Å². The molecule has 2 aromatic rings. The van der Waals surface area contributed by atoms with Crippen molar-refractivity contribution < 1.29 is 9.53 Å². The van der Waals surface area contributed by atoms with E-state index < -0.39 is 0 Å². The zero-order valence-electron chi connectivity index (χ0n) is 11.1. The first-order chi connectivity index (χ1) is 9.08. The second kappa shape index (κ2) is 5.69. The highest BCUT2D eigenvalue weighted by Gasteiger charge is 2.08. The number of carbonyl (C=O) groups excluding carboxylic acids is 1. The number of pyridine rings is 1. The number of nitrogens with zero attached hydrogens (tertiary/aromatic N) is 1. The molecule has 0 radical (unpaired) electrons. The van der Waals surface area contributed by atoms with Gasteiger partial charge in [0.2, 0.25) is 0 Å². The molecule has 0 aliphatic carbocycles. The van der Waals surface area contributed by atoms with Gasteiger partial charge in [-0.25, -0.2) is 0 Å². The largest absolute Gasteiger partial charge is 0.464 e. The third kappa shape index (κ3) is 3.22. The number of esters is 1. The van der Waals surface area contributed by atoms with Crippen LogP contribution in [0.1, 0.15) is 13.8 Å². The van der Waals surface area contributed by atoms with E-state index in [1.54, 1.807) is 12.3 Å². The van der Waals surface area contributed by atoms with Crippen molar-refractivity contribution in [1.82, 2.24) is 4.57 Å². The molecule has 0 bridgehead atoms. The molecule has 1 aromatic carbocycles. The first kappa shape index (κ1) is 13.3. The first-order valence-corrected chi connectivity index (χ1v) is 6.31. The van der Waals surface area contributed by atoms with Gasteiger partial charge in [-0.3, -0.25) is 9.59 Å². The highest BCUT2D eigenvalue weighted by atomic mass is 16.5. The maximum absolute atomic E-state index is 12.2. The van der Waals surface area contributed by atoms with Crippen molar-refractivity contribution in [2.75, 3.05) is 6.61 Å². The number of fused-ring (bicyclic) bond motifs is 1. The number of rotatable bonds is 4. The second-order valence-electron chi connectivity index (χ2n) is 4.91. The summed E-state index contributed by atoms with van der Waals surface area (Å²) in [5.74, 6) is -0.0941. The summed E-state index contributed by atoms with van der Waals surface area (Å²) in [6.45, 7) is 4.27. The maximum atomic E-state index is 12.2. The van der Waals surface area contributed by atoms with Crippen LogP contribution in [0.5, 0.6) is 0 Å². The zero-order valence-corrected chi connectivity index (χ0v) is 11.1. The molecule has 0 N–H and O–H groups in total. The van der Waals surface area contributed by atoms with E-state index in [2.05, 4.69) is 0 Å². The van der Waals surface area contributed by atoms with Crippen molar-refractivity contribution >= 4 is 16.7 Å². The van der Waals surface area contributed by atoms with E-state index >= 15 is 0 Å². The van der Waals surface area contributed by atoms with Crippen LogP contribution < -0.4 is 5.56 Å². The van der Waals surface area contributed by atoms with Gasteiger partial charge in [0.25, 0.3) is 5.56 Å². The maximum Gasteiger partial charge on any atom is 0.326 e. The predicted octanol–water partition coefficient (Wildman–Crippen LogP) is 2.20. The van der Waals surface area contributed by atoms with Crippen LogP contribution in [0.4, 0.5) is 0 Å². The molecule has 1 aromatic heterocycles. The van der Waals surface area contributed by atoms with Crippen molar-refractivity contribution in [2.24, 2.45) is 5.92 Å². The minimum absolute atomic E-state index is 0.0453. The lowest BCUT2D eigenvalue weighted by atomic mass is 10.2. The fourth-order valence-electron chi connectivity index (χ4n) is 1.80. The normalized spacial score (nSPS) is 10.9. The SMILES string of the molecule is CC(C)COC(=O)Cn1ccc2ccccc2c1=O. The Morgan fingerprint density at radius 1 is 1.26 bits per heavy atom. The van der Waals surface area contributed by atoms with Crippen molar-refractivity contribution in [3.8, 4) is 0 Å². The summed E-state index contributed by atoms with van der Waals surface area (Å²) < 4.78 is 6.46. The lowest BCUT2D eigenvalue weighted by Crippen LogP contribution is -2.25. The summed E-state index contributed by atoms with van der Waals surface area (Å²) in [5, 5.41) is 1.49. The van der Waals surface area contributed by atoms with Crippen molar-refractivity contribution in [3.63, 3.8) is 0 Å². The number of benzene rings is 1. The minimum Gasteiger partial charge on any atom is -0.464 e. The van der Waals surface area contributed by atoms with Gasteiger partial charge in [0.1, 0.15) is 6.54 Å². The molecule has 100 valence electrons. The summed E-state index contributed by atoms with van der Waals surface area (Å²) in [7, 11) is 0. The Hall–Kier alpha value is -2.10. The van der Waals surface area contributed by atoms with E-state index in [1.165, 1.54) is 4.57 Å². The van der Waals surface area contributed by atoms with Crippen LogP contribution in [0.3, 0.4) is 0 Å². The van der Waals surface area contributed by atoms with Crippen LogP contribution in [0.2, 0.25) is 0 Å². The van der Waals surface area contributed by atoms with Crippen LogP contribution in [0, 0.1) is 5.92 Å². The van der Waals surface area contributed by atoms with E-state index in [-0.39, 0.29) is 24.0 Å². The lowest BCUT2D eigenvalue weighted by molar-refractivity contribution is -0.145. The summed E-state index contributed by atoms with van der Waals surface area (Å²) in [6, 6.07) is 9.15. The minimum atomic E-state index is -0.383. The Bertz CT molecular complexity index is 643. The monoisotopic (exact) mass is 259 g/mol. The number of ether oxygens (including phenoxy) is 1. The molecule has 0 aliphatic heterocycles. The predicted molar refractivity (Wildman–Crippen MR) is 74.0 cm³/mol. The van der Waals surface area contributed by atoms with E-state index in [9.17, 15) is 9.59 Å². The molecule has 0 saturated carbocycles. The second-order valence-corrected chi connectivity index (χ2v) is 4.91. The summed E-state index contributed by atoms with van der Waals surface area (Å²) in [4.78, 5) is 23.8. The molecule has 0 fully saturated rings. The van der Waals surface area contributed by atoms with E-state index in [0.717, 1.165) is 5.39 Å². The number of aromatic nitrogens is 1. The van der Waals surface area contributed by atoms with Crippen molar-refractivity contribution in [3.05, 3.63) is 46.9 Å². The molecule has 0 saturated heterocycles. The number of carbonyl (C=O) groups is 1. The van der Waals surface area contributed by atoms with Gasteiger partial charge in [-0.05, 0) is 23.4 Å². The summed E-state index contributed by atoms with van der Waals surface area (Å²) in [6.07, 6.45) is 1.63. The molecule has 19 heavy (non-hydrogen) atoms. The van der Waals surface area contributed by atoms with E-state index in [4.69, 9.17) is 4.74 Å². The molecule has 2 rings (SSSR count). The quantitative estimate of drug-likeness (QED) is 0.791. The molecule has 1 heterocycles. The fourth-order valence-corrected chi connectivity index (χ4v) is 1.80. The van der Waals surface area contributed by atoms with Gasteiger partial charge < -0.3 is 9.30 Å². The van der Waals surface area contributed by atoms with Gasteiger partial charge in [0.05, 0.1) is 6.61 Å². The molecule has 0 unspecified atom stereocenters. The highest BCUT2D eigenvalue weighted by Crippen LogP contribution is 2.08. The van der Waals surface area contributed by atoms with Crippen molar-refractivity contribution in [1.29, 1.82) is 0 Å². The average Bonchev–Trinajstić information content (AvgIpc) is 2.40. The van der Waals surface area contributed by atoms with Gasteiger partial charge >= 0.3 is 5.97 Å². The fraction of sp³-hybridized carbons (Fsp3) is 0.333. The zero-order chi connectivity index (χ0) is 13.8. The third-order valence-corrected chi connectivity index (χ3v) is 2.76.